The molecule has 7 heteroatoms. The smallest absolute Gasteiger partial charge is 0.311 e. The first-order valence-corrected chi connectivity index (χ1v) is 8.74. The fraction of sp³-hybridized carbons (Fsp3) is 0.278. The number of aromatic nitrogens is 1. The van der Waals surface area contributed by atoms with E-state index < -0.39 is 0 Å². The summed E-state index contributed by atoms with van der Waals surface area (Å²) in [5.74, 6) is -0.457. The topological polar surface area (TPSA) is 81.4 Å². The quantitative estimate of drug-likeness (QED) is 0.703. The van der Waals surface area contributed by atoms with Gasteiger partial charge in [0.1, 0.15) is 5.58 Å². The van der Waals surface area contributed by atoms with E-state index in [0.29, 0.717) is 16.4 Å². The molecule has 1 N–H and O–H groups in total. The number of carbonyl (C=O) groups excluding carboxylic acids is 2. The molecule has 0 spiro atoms. The average Bonchev–Trinajstić information content (AvgIpc) is 3.18. The standard InChI is InChI=1S/C18H18N2O4S/c1-4-11-5-6-14-13(7-11)10(2)16(24-14)17(22)20-18-19-12(9-25-18)8-15(21)23-3/h5-7,9H,4,8H2,1-3H3,(H,19,20,22). The molecule has 0 bridgehead atoms. The van der Waals surface area contributed by atoms with Gasteiger partial charge in [0, 0.05) is 16.3 Å². The highest BCUT2D eigenvalue weighted by Gasteiger charge is 2.19. The van der Waals surface area contributed by atoms with E-state index in [-0.39, 0.29) is 24.1 Å². The number of hydrogen-bond donors (Lipinski definition) is 1. The second-order valence-electron chi connectivity index (χ2n) is 5.59. The Balaban J connectivity index is 1.80. The van der Waals surface area contributed by atoms with Crippen molar-refractivity contribution in [3.8, 4) is 0 Å². The van der Waals surface area contributed by atoms with E-state index in [1.54, 1.807) is 5.38 Å². The van der Waals surface area contributed by atoms with Crippen LogP contribution in [0.25, 0.3) is 11.0 Å². The first-order chi connectivity index (χ1) is 12.0. The zero-order valence-corrected chi connectivity index (χ0v) is 15.0. The van der Waals surface area contributed by atoms with Gasteiger partial charge in [-0.2, -0.15) is 0 Å². The van der Waals surface area contributed by atoms with Gasteiger partial charge in [-0.05, 0) is 31.0 Å². The van der Waals surface area contributed by atoms with Gasteiger partial charge in [0.25, 0.3) is 5.91 Å². The molecule has 25 heavy (non-hydrogen) atoms. The van der Waals surface area contributed by atoms with E-state index in [1.165, 1.54) is 24.0 Å². The van der Waals surface area contributed by atoms with E-state index >= 15 is 0 Å². The number of carbonyl (C=O) groups is 2. The molecule has 0 aliphatic rings. The largest absolute Gasteiger partial charge is 0.469 e. The Morgan fingerprint density at radius 3 is 2.88 bits per heavy atom. The summed E-state index contributed by atoms with van der Waals surface area (Å²) >= 11 is 1.25. The number of hydrogen-bond acceptors (Lipinski definition) is 6. The fourth-order valence-electron chi connectivity index (χ4n) is 2.52. The maximum absolute atomic E-state index is 12.5. The monoisotopic (exact) mass is 358 g/mol. The third kappa shape index (κ3) is 3.56. The predicted molar refractivity (Wildman–Crippen MR) is 96.1 cm³/mol. The Bertz CT molecular complexity index is 942. The molecule has 0 saturated heterocycles. The van der Waals surface area contributed by atoms with E-state index in [1.807, 2.05) is 25.1 Å². The van der Waals surface area contributed by atoms with Gasteiger partial charge < -0.3 is 9.15 Å². The number of anilines is 1. The van der Waals surface area contributed by atoms with Crippen LogP contribution in [-0.4, -0.2) is 24.0 Å². The predicted octanol–water partition coefficient (Wildman–Crippen LogP) is 3.73. The molecule has 3 rings (SSSR count). The summed E-state index contributed by atoms with van der Waals surface area (Å²) in [6, 6.07) is 5.92. The lowest BCUT2D eigenvalue weighted by Gasteiger charge is -1.99. The number of methoxy groups -OCH3 is 1. The number of nitrogens with one attached hydrogen (secondary N) is 1. The zero-order chi connectivity index (χ0) is 18.0. The summed E-state index contributed by atoms with van der Waals surface area (Å²) < 4.78 is 10.3. The van der Waals surface area contributed by atoms with E-state index in [2.05, 4.69) is 22.0 Å². The third-order valence-corrected chi connectivity index (χ3v) is 4.75. The Kier molecular flexibility index (Phi) is 4.85. The van der Waals surface area contributed by atoms with Crippen LogP contribution in [0.2, 0.25) is 0 Å². The number of furan rings is 1. The van der Waals surface area contributed by atoms with Crippen molar-refractivity contribution in [2.75, 3.05) is 12.4 Å². The van der Waals surface area contributed by atoms with Gasteiger partial charge in [0.2, 0.25) is 0 Å². The van der Waals surface area contributed by atoms with Gasteiger partial charge in [-0.25, -0.2) is 4.98 Å². The van der Waals surface area contributed by atoms with Gasteiger partial charge in [-0.1, -0.05) is 13.0 Å². The molecule has 0 unspecified atom stereocenters. The zero-order valence-electron chi connectivity index (χ0n) is 14.2. The van der Waals surface area contributed by atoms with Crippen LogP contribution in [0.5, 0.6) is 0 Å². The maximum Gasteiger partial charge on any atom is 0.311 e. The minimum atomic E-state index is -0.372. The highest BCUT2D eigenvalue weighted by molar-refractivity contribution is 7.14. The normalized spacial score (nSPS) is 10.8. The van der Waals surface area contributed by atoms with Gasteiger partial charge >= 0.3 is 5.97 Å². The summed E-state index contributed by atoms with van der Waals surface area (Å²) in [4.78, 5) is 28.0. The Morgan fingerprint density at radius 1 is 1.36 bits per heavy atom. The first kappa shape index (κ1) is 17.2. The summed E-state index contributed by atoms with van der Waals surface area (Å²) in [6.45, 7) is 3.95. The second-order valence-corrected chi connectivity index (χ2v) is 6.45. The van der Waals surface area contributed by atoms with Gasteiger partial charge in [-0.3, -0.25) is 14.9 Å². The molecule has 2 heterocycles. The van der Waals surface area contributed by atoms with Crippen LogP contribution in [0.3, 0.4) is 0 Å². The number of ether oxygens (including phenoxy) is 1. The van der Waals surface area contributed by atoms with Crippen molar-refractivity contribution in [3.05, 3.63) is 46.2 Å². The van der Waals surface area contributed by atoms with Crippen molar-refractivity contribution in [3.63, 3.8) is 0 Å². The highest BCUT2D eigenvalue weighted by Crippen LogP contribution is 2.27. The molecule has 1 aromatic carbocycles. The number of nitrogens with zero attached hydrogens (tertiary/aromatic N) is 1. The van der Waals surface area contributed by atoms with Crippen LogP contribution in [-0.2, 0) is 22.4 Å². The number of amides is 1. The lowest BCUT2D eigenvalue weighted by molar-refractivity contribution is -0.139. The van der Waals surface area contributed by atoms with Crippen molar-refractivity contribution in [2.24, 2.45) is 0 Å². The van der Waals surface area contributed by atoms with E-state index in [9.17, 15) is 9.59 Å². The van der Waals surface area contributed by atoms with Crippen LogP contribution in [0.4, 0.5) is 5.13 Å². The van der Waals surface area contributed by atoms with Crippen molar-refractivity contribution in [1.29, 1.82) is 0 Å². The molecule has 6 nitrogen and oxygen atoms in total. The lowest BCUT2D eigenvalue weighted by Crippen LogP contribution is -2.12. The summed E-state index contributed by atoms with van der Waals surface area (Å²) in [5.41, 5.74) is 3.23. The van der Waals surface area contributed by atoms with Crippen molar-refractivity contribution in [2.45, 2.75) is 26.7 Å². The second kappa shape index (κ2) is 7.06. The molecular formula is C18H18N2O4S. The lowest BCUT2D eigenvalue weighted by atomic mass is 10.1. The molecule has 0 saturated carbocycles. The van der Waals surface area contributed by atoms with Gasteiger partial charge in [0.05, 0.1) is 19.2 Å². The molecule has 3 aromatic rings. The number of esters is 1. The molecule has 1 amide bonds. The Morgan fingerprint density at radius 2 is 2.16 bits per heavy atom. The van der Waals surface area contributed by atoms with E-state index in [0.717, 1.165) is 17.4 Å². The first-order valence-electron chi connectivity index (χ1n) is 7.86. The number of aryl methyl sites for hydroxylation is 2. The molecule has 0 aliphatic carbocycles. The number of rotatable bonds is 5. The third-order valence-electron chi connectivity index (χ3n) is 3.94. The highest BCUT2D eigenvalue weighted by atomic mass is 32.1. The van der Waals surface area contributed by atoms with Crippen molar-refractivity contribution < 1.29 is 18.7 Å². The summed E-state index contributed by atoms with van der Waals surface area (Å²) in [6.07, 6.45) is 0.997. The Labute approximate surface area is 148 Å². The fourth-order valence-corrected chi connectivity index (χ4v) is 3.23. The van der Waals surface area contributed by atoms with Crippen LogP contribution in [0.1, 0.15) is 34.3 Å². The summed E-state index contributed by atoms with van der Waals surface area (Å²) in [7, 11) is 1.33. The van der Waals surface area contributed by atoms with Crippen molar-refractivity contribution >= 4 is 39.3 Å². The van der Waals surface area contributed by atoms with Crippen LogP contribution < -0.4 is 5.32 Å². The molecule has 0 fully saturated rings. The van der Waals surface area contributed by atoms with Gasteiger partial charge in [-0.15, -0.1) is 11.3 Å². The molecule has 0 radical (unpaired) electrons. The van der Waals surface area contributed by atoms with Crippen molar-refractivity contribution in [1.82, 2.24) is 4.98 Å². The van der Waals surface area contributed by atoms with Gasteiger partial charge in [0.15, 0.2) is 10.9 Å². The van der Waals surface area contributed by atoms with Crippen LogP contribution >= 0.6 is 11.3 Å². The SMILES string of the molecule is CCc1ccc2oc(C(=O)Nc3nc(CC(=O)OC)cs3)c(C)c2c1. The number of fused-ring (bicyclic) bond motifs is 1. The number of thiazole rings is 1. The molecule has 0 atom stereocenters. The molecule has 2 aromatic heterocycles. The molecular weight excluding hydrogens is 340 g/mol. The summed E-state index contributed by atoms with van der Waals surface area (Å²) in [5, 5.41) is 5.79. The van der Waals surface area contributed by atoms with Crippen LogP contribution in [0, 0.1) is 6.92 Å². The molecule has 0 aliphatic heterocycles. The maximum atomic E-state index is 12.5. The number of benzene rings is 1. The minimum Gasteiger partial charge on any atom is -0.469 e. The average molecular weight is 358 g/mol. The minimum absolute atomic E-state index is 0.0757. The van der Waals surface area contributed by atoms with Crippen LogP contribution in [0.15, 0.2) is 28.0 Å². The van der Waals surface area contributed by atoms with E-state index in [4.69, 9.17) is 4.42 Å². The molecule has 130 valence electrons. The Hall–Kier alpha value is -2.67.